The van der Waals surface area contributed by atoms with Crippen molar-refractivity contribution < 1.29 is 9.32 Å². The lowest BCUT2D eigenvalue weighted by molar-refractivity contribution is -0.131. The predicted octanol–water partition coefficient (Wildman–Crippen LogP) is 2.33. The van der Waals surface area contributed by atoms with Crippen molar-refractivity contribution in [3.8, 4) is 0 Å². The van der Waals surface area contributed by atoms with Crippen LogP contribution in [0.2, 0.25) is 0 Å². The minimum atomic E-state index is 0.166. The lowest BCUT2D eigenvalue weighted by Crippen LogP contribution is -2.40. The first-order valence-electron chi connectivity index (χ1n) is 7.34. The van der Waals surface area contributed by atoms with Crippen LogP contribution in [0.25, 0.3) is 0 Å². The third kappa shape index (κ3) is 3.29. The molecule has 0 spiro atoms. The van der Waals surface area contributed by atoms with Crippen molar-refractivity contribution in [3.63, 3.8) is 0 Å². The minimum Gasteiger partial charge on any atom is -0.342 e. The molecule has 1 fully saturated rings. The number of hydrogen-bond acceptors (Lipinski definition) is 4. The molecule has 21 heavy (non-hydrogen) atoms. The zero-order valence-corrected chi connectivity index (χ0v) is 12.2. The number of aryl methyl sites for hydroxylation is 1. The van der Waals surface area contributed by atoms with Gasteiger partial charge in [-0.1, -0.05) is 35.5 Å². The number of rotatable bonds is 3. The van der Waals surface area contributed by atoms with Crippen molar-refractivity contribution in [3.05, 3.63) is 47.6 Å². The van der Waals surface area contributed by atoms with Gasteiger partial charge in [0.25, 0.3) is 0 Å². The molecule has 1 amide bonds. The summed E-state index contributed by atoms with van der Waals surface area (Å²) in [5, 5.41) is 3.84. The number of amides is 1. The Morgan fingerprint density at radius 3 is 2.90 bits per heavy atom. The average Bonchev–Trinajstić information content (AvgIpc) is 2.95. The highest BCUT2D eigenvalue weighted by Crippen LogP contribution is 2.26. The molecular formula is C16H19N3O2. The van der Waals surface area contributed by atoms with Crippen LogP contribution in [0.3, 0.4) is 0 Å². The van der Waals surface area contributed by atoms with Gasteiger partial charge in [-0.2, -0.15) is 4.98 Å². The Kier molecular flexibility index (Phi) is 3.99. The number of aromatic nitrogens is 2. The van der Waals surface area contributed by atoms with Crippen molar-refractivity contribution in [2.45, 2.75) is 32.1 Å². The highest BCUT2D eigenvalue weighted by molar-refractivity contribution is 5.78. The Labute approximate surface area is 124 Å². The first-order valence-corrected chi connectivity index (χ1v) is 7.34. The van der Waals surface area contributed by atoms with Gasteiger partial charge in [-0.3, -0.25) is 4.79 Å². The van der Waals surface area contributed by atoms with Crippen LogP contribution < -0.4 is 0 Å². The molecule has 110 valence electrons. The second kappa shape index (κ2) is 6.08. The van der Waals surface area contributed by atoms with Crippen molar-refractivity contribution in [2.24, 2.45) is 0 Å². The maximum Gasteiger partial charge on any atom is 0.231 e. The molecule has 5 nitrogen and oxygen atoms in total. The normalized spacial score (nSPS) is 18.7. The molecule has 1 aliphatic heterocycles. The van der Waals surface area contributed by atoms with E-state index in [1.54, 1.807) is 0 Å². The molecule has 0 bridgehead atoms. The molecule has 2 heterocycles. The Balaban J connectivity index is 1.64. The lowest BCUT2D eigenvalue weighted by atomic mass is 9.97. The molecular weight excluding hydrogens is 266 g/mol. The van der Waals surface area contributed by atoms with Crippen LogP contribution in [-0.4, -0.2) is 34.0 Å². The third-order valence-corrected chi connectivity index (χ3v) is 3.86. The van der Waals surface area contributed by atoms with Crippen LogP contribution in [-0.2, 0) is 11.2 Å². The van der Waals surface area contributed by atoms with Crippen molar-refractivity contribution in [2.75, 3.05) is 13.1 Å². The first-order chi connectivity index (χ1) is 10.2. The fourth-order valence-electron chi connectivity index (χ4n) is 2.77. The number of benzene rings is 1. The van der Waals surface area contributed by atoms with E-state index in [-0.39, 0.29) is 11.8 Å². The average molecular weight is 285 g/mol. The van der Waals surface area contributed by atoms with Crippen LogP contribution in [0.1, 0.15) is 36.0 Å². The fraction of sp³-hybridized carbons (Fsp3) is 0.438. The molecule has 0 radical (unpaired) electrons. The van der Waals surface area contributed by atoms with Crippen molar-refractivity contribution >= 4 is 5.91 Å². The summed E-state index contributed by atoms with van der Waals surface area (Å²) in [6.45, 7) is 3.30. The van der Waals surface area contributed by atoms with Gasteiger partial charge in [-0.25, -0.2) is 0 Å². The summed E-state index contributed by atoms with van der Waals surface area (Å²) < 4.78 is 5.25. The molecule has 0 saturated carbocycles. The highest BCUT2D eigenvalue weighted by atomic mass is 16.5. The number of nitrogens with zero attached hydrogens (tertiary/aromatic N) is 3. The second-order valence-corrected chi connectivity index (χ2v) is 5.52. The van der Waals surface area contributed by atoms with Gasteiger partial charge in [0.15, 0.2) is 5.82 Å². The number of piperidine rings is 1. The molecule has 0 unspecified atom stereocenters. The van der Waals surface area contributed by atoms with Gasteiger partial charge >= 0.3 is 0 Å². The molecule has 1 atom stereocenters. The molecule has 0 N–H and O–H groups in total. The molecule has 3 rings (SSSR count). The van der Waals surface area contributed by atoms with E-state index in [9.17, 15) is 4.79 Å². The third-order valence-electron chi connectivity index (χ3n) is 3.86. The van der Waals surface area contributed by atoms with Gasteiger partial charge in [-0.05, 0) is 25.3 Å². The minimum absolute atomic E-state index is 0.166. The van der Waals surface area contributed by atoms with Crippen LogP contribution in [0.15, 0.2) is 34.9 Å². The lowest BCUT2D eigenvalue weighted by Gasteiger charge is -2.31. The topological polar surface area (TPSA) is 59.2 Å². The van der Waals surface area contributed by atoms with Gasteiger partial charge in [0.1, 0.15) is 0 Å². The Morgan fingerprint density at radius 1 is 1.38 bits per heavy atom. The van der Waals surface area contributed by atoms with Crippen LogP contribution in [0.4, 0.5) is 0 Å². The number of carbonyl (C=O) groups is 1. The Bertz CT molecular complexity index is 609. The number of likely N-dealkylation sites (tertiary alicyclic amines) is 1. The van der Waals surface area contributed by atoms with Gasteiger partial charge in [0, 0.05) is 13.1 Å². The highest BCUT2D eigenvalue weighted by Gasteiger charge is 2.28. The largest absolute Gasteiger partial charge is 0.342 e. The van der Waals surface area contributed by atoms with E-state index in [0.717, 1.165) is 24.9 Å². The maximum absolute atomic E-state index is 12.4. The van der Waals surface area contributed by atoms with E-state index >= 15 is 0 Å². The van der Waals surface area contributed by atoms with E-state index in [0.29, 0.717) is 24.7 Å². The molecule has 1 aromatic carbocycles. The molecule has 1 saturated heterocycles. The summed E-state index contributed by atoms with van der Waals surface area (Å²) in [7, 11) is 0. The van der Waals surface area contributed by atoms with Crippen molar-refractivity contribution in [1.29, 1.82) is 0 Å². The summed E-state index contributed by atoms with van der Waals surface area (Å²) in [6, 6.07) is 9.86. The van der Waals surface area contributed by atoms with Crippen LogP contribution in [0.5, 0.6) is 0 Å². The van der Waals surface area contributed by atoms with Gasteiger partial charge in [-0.15, -0.1) is 0 Å². The van der Waals surface area contributed by atoms with E-state index < -0.39 is 0 Å². The quantitative estimate of drug-likeness (QED) is 0.868. The van der Waals surface area contributed by atoms with Crippen molar-refractivity contribution in [1.82, 2.24) is 15.0 Å². The summed E-state index contributed by atoms with van der Waals surface area (Å²) in [5.74, 6) is 1.64. The SMILES string of the molecule is Cc1noc([C@@H]2CCCN(C(=O)Cc3ccccc3)C2)n1. The molecule has 5 heteroatoms. The standard InChI is InChI=1S/C16H19N3O2/c1-12-17-16(21-18-12)14-8-5-9-19(11-14)15(20)10-13-6-3-2-4-7-13/h2-4,6-7,14H,5,8-11H2,1H3/t14-/m1/s1. The van der Waals surface area contributed by atoms with E-state index in [2.05, 4.69) is 10.1 Å². The zero-order valence-electron chi connectivity index (χ0n) is 12.2. The van der Waals surface area contributed by atoms with E-state index in [1.165, 1.54) is 0 Å². The summed E-state index contributed by atoms with van der Waals surface area (Å²) in [4.78, 5) is 18.6. The molecule has 1 aromatic heterocycles. The van der Waals surface area contributed by atoms with Crippen LogP contribution in [0, 0.1) is 6.92 Å². The Hall–Kier alpha value is -2.17. The molecule has 2 aromatic rings. The summed E-state index contributed by atoms with van der Waals surface area (Å²) in [6.07, 6.45) is 2.43. The zero-order chi connectivity index (χ0) is 14.7. The summed E-state index contributed by atoms with van der Waals surface area (Å²) >= 11 is 0. The maximum atomic E-state index is 12.4. The smallest absolute Gasteiger partial charge is 0.231 e. The second-order valence-electron chi connectivity index (χ2n) is 5.52. The fourth-order valence-corrected chi connectivity index (χ4v) is 2.77. The monoisotopic (exact) mass is 285 g/mol. The first kappa shape index (κ1) is 13.8. The van der Waals surface area contributed by atoms with Gasteiger partial charge in [0.05, 0.1) is 12.3 Å². The summed E-state index contributed by atoms with van der Waals surface area (Å²) in [5.41, 5.74) is 1.05. The number of hydrogen-bond donors (Lipinski definition) is 0. The van der Waals surface area contributed by atoms with Gasteiger partial charge in [0.2, 0.25) is 11.8 Å². The number of carbonyl (C=O) groups excluding carboxylic acids is 1. The van der Waals surface area contributed by atoms with Gasteiger partial charge < -0.3 is 9.42 Å². The Morgan fingerprint density at radius 2 is 2.19 bits per heavy atom. The van der Waals surface area contributed by atoms with E-state index in [1.807, 2.05) is 42.2 Å². The molecule has 1 aliphatic rings. The molecule has 0 aliphatic carbocycles. The van der Waals surface area contributed by atoms with Crippen LogP contribution >= 0.6 is 0 Å². The predicted molar refractivity (Wildman–Crippen MR) is 77.7 cm³/mol. The van der Waals surface area contributed by atoms with E-state index in [4.69, 9.17) is 4.52 Å².